The van der Waals surface area contributed by atoms with Crippen LogP contribution in [0.1, 0.15) is 29.9 Å². The highest BCUT2D eigenvalue weighted by atomic mass is 16.5. The number of aliphatic carboxylic acids is 1. The first-order valence-corrected chi connectivity index (χ1v) is 11.3. The lowest BCUT2D eigenvalue weighted by Crippen LogP contribution is -2.44. The molecule has 180 valence electrons. The quantitative estimate of drug-likeness (QED) is 0.441. The molecule has 1 saturated heterocycles. The van der Waals surface area contributed by atoms with Crippen LogP contribution in [0.4, 0.5) is 4.79 Å². The number of rotatable bonds is 9. The van der Waals surface area contributed by atoms with Gasteiger partial charge in [0.15, 0.2) is 0 Å². The molecule has 1 heterocycles. The molecule has 3 unspecified atom stereocenters. The first-order chi connectivity index (χ1) is 16.4. The maximum absolute atomic E-state index is 12.4. The van der Waals surface area contributed by atoms with Crippen molar-refractivity contribution in [2.75, 3.05) is 26.3 Å². The summed E-state index contributed by atoms with van der Waals surface area (Å²) in [6.45, 7) is 0.586. The molecule has 0 aromatic heterocycles. The van der Waals surface area contributed by atoms with Crippen molar-refractivity contribution < 1.29 is 34.1 Å². The van der Waals surface area contributed by atoms with Gasteiger partial charge in [0.05, 0.1) is 12.5 Å². The molecule has 1 aliphatic carbocycles. The molecule has 0 bridgehead atoms. The maximum Gasteiger partial charge on any atom is 0.407 e. The summed E-state index contributed by atoms with van der Waals surface area (Å²) in [5, 5.41) is 23.5. The molecule has 2 aliphatic rings. The largest absolute Gasteiger partial charge is 0.481 e. The Morgan fingerprint density at radius 3 is 2.32 bits per heavy atom. The molecule has 2 aromatic carbocycles. The van der Waals surface area contributed by atoms with Crippen LogP contribution in [0.2, 0.25) is 0 Å². The lowest BCUT2D eigenvalue weighted by molar-refractivity contribution is -0.140. The van der Waals surface area contributed by atoms with Crippen LogP contribution in [0.15, 0.2) is 48.5 Å². The maximum atomic E-state index is 12.4. The van der Waals surface area contributed by atoms with E-state index in [0.29, 0.717) is 13.0 Å². The Morgan fingerprint density at radius 2 is 1.68 bits per heavy atom. The van der Waals surface area contributed by atoms with Crippen molar-refractivity contribution in [2.45, 2.75) is 31.0 Å². The molecule has 0 radical (unpaired) electrons. The number of fused-ring (bicyclic) bond motifs is 3. The van der Waals surface area contributed by atoms with E-state index in [2.05, 4.69) is 22.8 Å². The van der Waals surface area contributed by atoms with E-state index in [4.69, 9.17) is 14.6 Å². The molecule has 0 saturated carbocycles. The van der Waals surface area contributed by atoms with Gasteiger partial charge in [-0.15, -0.1) is 0 Å². The van der Waals surface area contributed by atoms with E-state index < -0.39 is 36.6 Å². The summed E-state index contributed by atoms with van der Waals surface area (Å²) in [7, 11) is 0. The smallest absolute Gasteiger partial charge is 0.407 e. The van der Waals surface area contributed by atoms with Gasteiger partial charge in [0, 0.05) is 31.5 Å². The fourth-order valence-electron chi connectivity index (χ4n) is 4.59. The zero-order valence-electron chi connectivity index (χ0n) is 18.6. The van der Waals surface area contributed by atoms with E-state index >= 15 is 0 Å². The summed E-state index contributed by atoms with van der Waals surface area (Å²) in [5.74, 6) is -1.88. The molecule has 34 heavy (non-hydrogen) atoms. The summed E-state index contributed by atoms with van der Waals surface area (Å²) in [6.07, 6.45) is -2.41. The van der Waals surface area contributed by atoms with Crippen molar-refractivity contribution in [1.29, 1.82) is 0 Å². The van der Waals surface area contributed by atoms with Gasteiger partial charge in [0.1, 0.15) is 12.7 Å². The Labute approximate surface area is 197 Å². The number of amides is 2. The molecule has 3 atom stereocenters. The fraction of sp³-hybridized carbons (Fsp3) is 0.400. The molecular formula is C25H28N2O7. The van der Waals surface area contributed by atoms with E-state index in [-0.39, 0.29) is 31.5 Å². The molecule has 1 aliphatic heterocycles. The van der Waals surface area contributed by atoms with Gasteiger partial charge in [-0.2, -0.15) is 0 Å². The molecule has 9 nitrogen and oxygen atoms in total. The number of hydrogen-bond acceptors (Lipinski definition) is 6. The third-order valence-corrected chi connectivity index (χ3v) is 6.25. The van der Waals surface area contributed by atoms with Crippen molar-refractivity contribution in [3.05, 3.63) is 59.7 Å². The minimum absolute atomic E-state index is 0.0382. The van der Waals surface area contributed by atoms with Gasteiger partial charge in [-0.05, 0) is 28.7 Å². The van der Waals surface area contributed by atoms with E-state index in [0.717, 1.165) is 22.3 Å². The van der Waals surface area contributed by atoms with Gasteiger partial charge in [0.25, 0.3) is 0 Å². The van der Waals surface area contributed by atoms with E-state index in [1.54, 1.807) is 0 Å². The van der Waals surface area contributed by atoms with Crippen LogP contribution in [-0.2, 0) is 19.1 Å². The minimum atomic E-state index is -1.18. The average Bonchev–Trinajstić information content (AvgIpc) is 3.42. The van der Waals surface area contributed by atoms with Crippen LogP contribution < -0.4 is 10.6 Å². The zero-order chi connectivity index (χ0) is 24.1. The van der Waals surface area contributed by atoms with Crippen molar-refractivity contribution in [3.8, 4) is 11.1 Å². The predicted octanol–water partition coefficient (Wildman–Crippen LogP) is 1.88. The molecular weight excluding hydrogens is 440 g/mol. The van der Waals surface area contributed by atoms with Crippen LogP contribution in [0.5, 0.6) is 0 Å². The summed E-state index contributed by atoms with van der Waals surface area (Å²) in [5.41, 5.74) is 4.56. The van der Waals surface area contributed by atoms with Gasteiger partial charge in [-0.25, -0.2) is 4.79 Å². The third-order valence-electron chi connectivity index (χ3n) is 6.25. The summed E-state index contributed by atoms with van der Waals surface area (Å²) in [4.78, 5) is 35.4. The number of carbonyl (C=O) groups excluding carboxylic acids is 2. The number of ether oxygens (including phenoxy) is 2. The summed E-state index contributed by atoms with van der Waals surface area (Å²) < 4.78 is 11.0. The van der Waals surface area contributed by atoms with Crippen LogP contribution in [-0.4, -0.2) is 66.7 Å². The van der Waals surface area contributed by atoms with Crippen LogP contribution in [0.25, 0.3) is 11.1 Å². The molecule has 4 rings (SSSR count). The molecule has 0 spiro atoms. The SMILES string of the molecule is O=C(O)CC(O)CNC(=O)C1OCCC1CNC(=O)OCC1c2ccccc2-c2ccccc21. The van der Waals surface area contributed by atoms with Crippen molar-refractivity contribution in [3.63, 3.8) is 0 Å². The number of nitrogens with one attached hydrogen (secondary N) is 2. The monoisotopic (exact) mass is 468 g/mol. The normalized spacial score (nSPS) is 19.7. The number of benzene rings is 2. The molecule has 9 heteroatoms. The van der Waals surface area contributed by atoms with Crippen LogP contribution in [0, 0.1) is 5.92 Å². The highest BCUT2D eigenvalue weighted by molar-refractivity contribution is 5.82. The summed E-state index contributed by atoms with van der Waals surface area (Å²) >= 11 is 0. The molecule has 4 N–H and O–H groups in total. The van der Waals surface area contributed by atoms with Gasteiger partial charge >= 0.3 is 12.1 Å². The Bertz CT molecular complexity index is 1010. The van der Waals surface area contributed by atoms with E-state index in [1.165, 1.54) is 0 Å². The minimum Gasteiger partial charge on any atom is -0.481 e. The number of aliphatic hydroxyl groups excluding tert-OH is 1. The summed E-state index contributed by atoms with van der Waals surface area (Å²) in [6, 6.07) is 16.2. The number of aliphatic hydroxyl groups is 1. The van der Waals surface area contributed by atoms with Gasteiger partial charge in [0.2, 0.25) is 5.91 Å². The number of carbonyl (C=O) groups is 3. The topological polar surface area (TPSA) is 134 Å². The van der Waals surface area contributed by atoms with Gasteiger partial charge in [-0.3, -0.25) is 9.59 Å². The number of carboxylic acid groups (broad SMARTS) is 1. The first-order valence-electron chi connectivity index (χ1n) is 11.3. The van der Waals surface area contributed by atoms with E-state index in [9.17, 15) is 19.5 Å². The predicted molar refractivity (Wildman–Crippen MR) is 122 cm³/mol. The van der Waals surface area contributed by atoms with E-state index in [1.807, 2.05) is 36.4 Å². The zero-order valence-corrected chi connectivity index (χ0v) is 18.6. The number of hydrogen-bond donors (Lipinski definition) is 4. The molecule has 2 amide bonds. The standard InChI is InChI=1S/C25H28N2O7/c28-16(11-22(29)30)13-26-24(31)23-15(9-10-33-23)12-27-25(32)34-14-21-19-7-3-1-5-17(19)18-6-2-4-8-20(18)21/h1-8,15-16,21,23,28H,9-14H2,(H,26,31)(H,27,32)(H,29,30). The van der Waals surface area contributed by atoms with Crippen LogP contribution >= 0.6 is 0 Å². The second kappa shape index (κ2) is 10.7. The second-order valence-electron chi connectivity index (χ2n) is 8.54. The Morgan fingerprint density at radius 1 is 1.03 bits per heavy atom. The Hall–Kier alpha value is -3.43. The Balaban J connectivity index is 1.26. The number of alkyl carbamates (subject to hydrolysis) is 1. The lowest BCUT2D eigenvalue weighted by Gasteiger charge is -2.20. The van der Waals surface area contributed by atoms with Crippen molar-refractivity contribution in [1.82, 2.24) is 10.6 Å². The second-order valence-corrected chi connectivity index (χ2v) is 8.54. The van der Waals surface area contributed by atoms with Gasteiger partial charge < -0.3 is 30.3 Å². The first kappa shape index (κ1) is 23.7. The lowest BCUT2D eigenvalue weighted by atomic mass is 9.98. The number of carboxylic acids is 1. The van der Waals surface area contributed by atoms with Crippen molar-refractivity contribution >= 4 is 18.0 Å². The average molecular weight is 469 g/mol. The van der Waals surface area contributed by atoms with Gasteiger partial charge in [-0.1, -0.05) is 48.5 Å². The highest BCUT2D eigenvalue weighted by Gasteiger charge is 2.35. The van der Waals surface area contributed by atoms with Crippen molar-refractivity contribution in [2.24, 2.45) is 5.92 Å². The van der Waals surface area contributed by atoms with Crippen LogP contribution in [0.3, 0.4) is 0 Å². The fourth-order valence-corrected chi connectivity index (χ4v) is 4.59. The molecule has 2 aromatic rings. The highest BCUT2D eigenvalue weighted by Crippen LogP contribution is 2.44. The molecule has 1 fully saturated rings. The third kappa shape index (κ3) is 5.37. The Kier molecular flexibility index (Phi) is 7.44.